The van der Waals surface area contributed by atoms with Crippen LogP contribution in [-0.4, -0.2) is 61.6 Å². The van der Waals surface area contributed by atoms with Crippen LogP contribution in [0.25, 0.3) is 0 Å². The lowest BCUT2D eigenvalue weighted by molar-refractivity contribution is -0.126. The van der Waals surface area contributed by atoms with Crippen LogP contribution in [0.4, 0.5) is 0 Å². The molecular weight excluding hydrogens is 312 g/mol. The number of methoxy groups -OCH3 is 1. The molecule has 1 heterocycles. The lowest BCUT2D eigenvalue weighted by Gasteiger charge is -2.33. The molecule has 3 amide bonds. The molecule has 0 radical (unpaired) electrons. The Bertz CT molecular complexity index is 607. The zero-order chi connectivity index (χ0) is 17.7. The minimum atomic E-state index is -0.861. The Balaban J connectivity index is 1.93. The fourth-order valence-electron chi connectivity index (χ4n) is 2.54. The van der Waals surface area contributed by atoms with Gasteiger partial charge in [0.2, 0.25) is 5.91 Å². The van der Waals surface area contributed by atoms with Crippen LogP contribution in [0.15, 0.2) is 24.3 Å². The van der Waals surface area contributed by atoms with Crippen LogP contribution in [0.3, 0.4) is 0 Å². The monoisotopic (exact) mass is 334 g/mol. The van der Waals surface area contributed by atoms with Crippen molar-refractivity contribution in [2.24, 2.45) is 0 Å². The molecule has 0 aromatic heterocycles. The summed E-state index contributed by atoms with van der Waals surface area (Å²) in [5.41, 5.74) is -0.0687. The first-order chi connectivity index (χ1) is 11.4. The van der Waals surface area contributed by atoms with Crippen molar-refractivity contribution in [3.8, 4) is 0 Å². The van der Waals surface area contributed by atoms with E-state index in [9.17, 15) is 14.4 Å². The molecule has 2 rings (SSSR count). The SMILES string of the molecule is COCCNC(=O)COCC(C)(C)N1C(=O)c2ccccc2C1=O. The van der Waals surface area contributed by atoms with Gasteiger partial charge in [-0.3, -0.25) is 19.3 Å². The van der Waals surface area contributed by atoms with E-state index in [1.165, 1.54) is 4.90 Å². The van der Waals surface area contributed by atoms with Crippen LogP contribution in [0.2, 0.25) is 0 Å². The summed E-state index contributed by atoms with van der Waals surface area (Å²) in [4.78, 5) is 37.8. The number of rotatable bonds is 8. The number of benzene rings is 1. The van der Waals surface area contributed by atoms with E-state index < -0.39 is 5.54 Å². The maximum absolute atomic E-state index is 12.5. The lowest BCUT2D eigenvalue weighted by atomic mass is 10.0. The highest BCUT2D eigenvalue weighted by atomic mass is 16.5. The van der Waals surface area contributed by atoms with Gasteiger partial charge in [0.15, 0.2) is 0 Å². The summed E-state index contributed by atoms with van der Waals surface area (Å²) in [7, 11) is 1.55. The van der Waals surface area contributed by atoms with E-state index in [-0.39, 0.29) is 30.9 Å². The highest BCUT2D eigenvalue weighted by Gasteiger charge is 2.44. The van der Waals surface area contributed by atoms with Crippen LogP contribution < -0.4 is 5.32 Å². The fraction of sp³-hybridized carbons (Fsp3) is 0.471. The van der Waals surface area contributed by atoms with E-state index in [1.54, 1.807) is 45.2 Å². The maximum atomic E-state index is 12.5. The standard InChI is InChI=1S/C17H22N2O5/c1-17(2,11-24-10-14(20)18-8-9-23-3)19-15(21)12-6-4-5-7-13(12)16(19)22/h4-7H,8-11H2,1-3H3,(H,18,20). The Morgan fingerprint density at radius 1 is 1.17 bits per heavy atom. The molecule has 1 aliphatic rings. The van der Waals surface area contributed by atoms with Gasteiger partial charge in [-0.1, -0.05) is 12.1 Å². The number of nitrogens with zero attached hydrogens (tertiary/aromatic N) is 1. The molecule has 0 bridgehead atoms. The van der Waals surface area contributed by atoms with Gasteiger partial charge in [0.05, 0.1) is 29.9 Å². The van der Waals surface area contributed by atoms with Gasteiger partial charge in [-0.15, -0.1) is 0 Å². The van der Waals surface area contributed by atoms with E-state index >= 15 is 0 Å². The minimum absolute atomic E-state index is 0.0656. The van der Waals surface area contributed by atoms with Crippen LogP contribution in [0, 0.1) is 0 Å². The summed E-state index contributed by atoms with van der Waals surface area (Å²) in [5, 5.41) is 2.63. The average Bonchev–Trinajstić information content (AvgIpc) is 2.80. The van der Waals surface area contributed by atoms with Crippen LogP contribution in [0.1, 0.15) is 34.6 Å². The van der Waals surface area contributed by atoms with Gasteiger partial charge in [0.1, 0.15) is 6.61 Å². The molecule has 1 aromatic rings. The van der Waals surface area contributed by atoms with Crippen LogP contribution in [0.5, 0.6) is 0 Å². The molecule has 0 spiro atoms. The summed E-state index contributed by atoms with van der Waals surface area (Å²) in [6.45, 7) is 4.22. The molecule has 7 nitrogen and oxygen atoms in total. The number of nitrogens with one attached hydrogen (secondary N) is 1. The zero-order valence-corrected chi connectivity index (χ0v) is 14.1. The second-order valence-electron chi connectivity index (χ2n) is 6.14. The highest BCUT2D eigenvalue weighted by molar-refractivity contribution is 6.21. The molecule has 0 saturated heterocycles. The Hall–Kier alpha value is -2.25. The van der Waals surface area contributed by atoms with Crippen molar-refractivity contribution in [3.05, 3.63) is 35.4 Å². The summed E-state index contributed by atoms with van der Waals surface area (Å²) in [6, 6.07) is 6.72. The van der Waals surface area contributed by atoms with Crippen LogP contribution >= 0.6 is 0 Å². The largest absolute Gasteiger partial charge is 0.383 e. The summed E-state index contributed by atoms with van der Waals surface area (Å²) in [6.07, 6.45) is 0. The average molecular weight is 334 g/mol. The summed E-state index contributed by atoms with van der Waals surface area (Å²) < 4.78 is 10.2. The molecule has 1 aliphatic heterocycles. The molecule has 1 aromatic carbocycles. The predicted octanol–water partition coefficient (Wildman–Crippen LogP) is 0.840. The molecule has 1 N–H and O–H groups in total. The second-order valence-corrected chi connectivity index (χ2v) is 6.14. The third-order valence-corrected chi connectivity index (χ3v) is 3.72. The number of amides is 3. The summed E-state index contributed by atoms with van der Waals surface area (Å²) in [5.74, 6) is -0.951. The first-order valence-electron chi connectivity index (χ1n) is 7.70. The van der Waals surface area contributed by atoms with Crippen molar-refractivity contribution in [2.75, 3.05) is 33.5 Å². The van der Waals surface area contributed by atoms with Gasteiger partial charge in [-0.25, -0.2) is 0 Å². The Morgan fingerprint density at radius 3 is 2.29 bits per heavy atom. The smallest absolute Gasteiger partial charge is 0.262 e. The van der Waals surface area contributed by atoms with Crippen molar-refractivity contribution in [2.45, 2.75) is 19.4 Å². The fourth-order valence-corrected chi connectivity index (χ4v) is 2.54. The molecular formula is C17H22N2O5. The number of hydrogen-bond acceptors (Lipinski definition) is 5. The van der Waals surface area contributed by atoms with Gasteiger partial charge >= 0.3 is 0 Å². The molecule has 24 heavy (non-hydrogen) atoms. The topological polar surface area (TPSA) is 84.9 Å². The van der Waals surface area contributed by atoms with Gasteiger partial charge in [-0.05, 0) is 26.0 Å². The van der Waals surface area contributed by atoms with E-state index in [0.717, 1.165) is 0 Å². The third kappa shape index (κ3) is 3.80. The third-order valence-electron chi connectivity index (χ3n) is 3.72. The molecule has 130 valence electrons. The van der Waals surface area contributed by atoms with Crippen LogP contribution in [-0.2, 0) is 14.3 Å². The van der Waals surface area contributed by atoms with Crippen molar-refractivity contribution < 1.29 is 23.9 Å². The first-order valence-corrected chi connectivity index (χ1v) is 7.70. The number of fused-ring (bicyclic) bond motifs is 1. The molecule has 0 unspecified atom stereocenters. The van der Waals surface area contributed by atoms with Gasteiger partial charge in [0.25, 0.3) is 11.8 Å². The van der Waals surface area contributed by atoms with Gasteiger partial charge in [0, 0.05) is 13.7 Å². The quantitative estimate of drug-likeness (QED) is 0.562. The summed E-state index contributed by atoms with van der Waals surface area (Å²) >= 11 is 0. The van der Waals surface area contributed by atoms with Gasteiger partial charge < -0.3 is 14.8 Å². The van der Waals surface area contributed by atoms with E-state index in [2.05, 4.69) is 5.32 Å². The molecule has 0 saturated carbocycles. The number of imide groups is 1. The predicted molar refractivity (Wildman–Crippen MR) is 86.7 cm³/mol. The molecule has 0 aliphatic carbocycles. The van der Waals surface area contributed by atoms with Crippen molar-refractivity contribution in [3.63, 3.8) is 0 Å². The Kier molecular flexibility index (Phi) is 5.69. The van der Waals surface area contributed by atoms with Crippen molar-refractivity contribution in [1.82, 2.24) is 10.2 Å². The second kappa shape index (κ2) is 7.55. The highest BCUT2D eigenvalue weighted by Crippen LogP contribution is 2.29. The van der Waals surface area contributed by atoms with Crippen molar-refractivity contribution >= 4 is 17.7 Å². The molecule has 0 atom stereocenters. The maximum Gasteiger partial charge on any atom is 0.262 e. The van der Waals surface area contributed by atoms with Gasteiger partial charge in [-0.2, -0.15) is 0 Å². The number of carbonyl (C=O) groups excluding carboxylic acids is 3. The molecule has 0 fully saturated rings. The normalized spacial score (nSPS) is 14.0. The number of ether oxygens (including phenoxy) is 2. The van der Waals surface area contributed by atoms with E-state index in [4.69, 9.17) is 9.47 Å². The first kappa shape index (κ1) is 18.1. The number of carbonyl (C=O) groups is 3. The van der Waals surface area contributed by atoms with E-state index in [0.29, 0.717) is 24.3 Å². The lowest BCUT2D eigenvalue weighted by Crippen LogP contribution is -2.51. The van der Waals surface area contributed by atoms with Crippen molar-refractivity contribution in [1.29, 1.82) is 0 Å². The number of hydrogen-bond donors (Lipinski definition) is 1. The zero-order valence-electron chi connectivity index (χ0n) is 14.1. The minimum Gasteiger partial charge on any atom is -0.383 e. The Labute approximate surface area is 140 Å². The molecule has 7 heteroatoms. The Morgan fingerprint density at radius 2 is 1.75 bits per heavy atom. The van der Waals surface area contributed by atoms with E-state index in [1.807, 2.05) is 0 Å².